The Morgan fingerprint density at radius 1 is 1.64 bits per heavy atom. The number of rotatable bonds is 1. The Morgan fingerprint density at radius 2 is 2.36 bits per heavy atom. The molecule has 1 N–H and O–H groups in total. The molecule has 0 spiro atoms. The molecule has 0 aliphatic carbocycles. The molecular weight excluding hydrogens is 198 g/mol. The standard InChI is InChI=1S/C9H13N3OS/c1-4-6-8(13)10-7-5(2)11-12(3)9(7)14-6/h6H,4H2,1-3H3,(H,10,13). The summed E-state index contributed by atoms with van der Waals surface area (Å²) in [5.41, 5.74) is 1.77. The molecule has 1 aromatic heterocycles. The number of amides is 1. The van der Waals surface area contributed by atoms with Gasteiger partial charge in [0.05, 0.1) is 16.6 Å². The Hall–Kier alpha value is -0.970. The van der Waals surface area contributed by atoms with Crippen molar-refractivity contribution >= 4 is 23.4 Å². The number of carbonyl (C=O) groups is 1. The maximum atomic E-state index is 11.6. The van der Waals surface area contributed by atoms with Crippen LogP contribution in [0, 0.1) is 6.92 Å². The minimum atomic E-state index is 0.0253. The second-order valence-electron chi connectivity index (χ2n) is 3.39. The van der Waals surface area contributed by atoms with Crippen LogP contribution in [0.3, 0.4) is 0 Å². The van der Waals surface area contributed by atoms with Gasteiger partial charge in [0.15, 0.2) is 0 Å². The number of anilines is 1. The lowest BCUT2D eigenvalue weighted by Gasteiger charge is -2.20. The summed E-state index contributed by atoms with van der Waals surface area (Å²) < 4.78 is 1.83. The second kappa shape index (κ2) is 3.31. The van der Waals surface area contributed by atoms with Crippen LogP contribution in [-0.2, 0) is 11.8 Å². The van der Waals surface area contributed by atoms with E-state index in [1.165, 1.54) is 0 Å². The van der Waals surface area contributed by atoms with E-state index in [1.54, 1.807) is 11.8 Å². The average Bonchev–Trinajstić information content (AvgIpc) is 2.41. The smallest absolute Gasteiger partial charge is 0.238 e. The summed E-state index contributed by atoms with van der Waals surface area (Å²) in [6.07, 6.45) is 0.847. The first-order valence-corrected chi connectivity index (χ1v) is 5.52. The third-order valence-corrected chi connectivity index (χ3v) is 3.86. The maximum Gasteiger partial charge on any atom is 0.238 e. The highest BCUT2D eigenvalue weighted by Crippen LogP contribution is 2.38. The molecule has 0 radical (unpaired) electrons. The van der Waals surface area contributed by atoms with Gasteiger partial charge in [0.2, 0.25) is 5.91 Å². The van der Waals surface area contributed by atoms with Gasteiger partial charge in [-0.25, -0.2) is 0 Å². The second-order valence-corrected chi connectivity index (χ2v) is 4.58. The molecule has 1 aromatic rings. The number of carbonyl (C=O) groups excluding carboxylic acids is 1. The van der Waals surface area contributed by atoms with Gasteiger partial charge >= 0.3 is 0 Å². The van der Waals surface area contributed by atoms with Crippen molar-refractivity contribution in [1.82, 2.24) is 9.78 Å². The predicted molar refractivity (Wildman–Crippen MR) is 56.5 cm³/mol. The molecule has 0 saturated heterocycles. The number of aromatic nitrogens is 2. The first-order chi connectivity index (χ1) is 6.63. The Kier molecular flexibility index (Phi) is 2.26. The fourth-order valence-electron chi connectivity index (χ4n) is 1.58. The van der Waals surface area contributed by atoms with Crippen molar-refractivity contribution in [1.29, 1.82) is 0 Å². The summed E-state index contributed by atoms with van der Waals surface area (Å²) in [5, 5.41) is 8.27. The summed E-state index contributed by atoms with van der Waals surface area (Å²) in [6, 6.07) is 0. The molecule has 1 amide bonds. The third-order valence-electron chi connectivity index (χ3n) is 2.33. The molecule has 0 aromatic carbocycles. The largest absolute Gasteiger partial charge is 0.321 e. The zero-order valence-corrected chi connectivity index (χ0v) is 9.31. The lowest BCUT2D eigenvalue weighted by molar-refractivity contribution is -0.115. The van der Waals surface area contributed by atoms with Gasteiger partial charge in [-0.3, -0.25) is 9.48 Å². The zero-order chi connectivity index (χ0) is 10.3. The molecule has 2 rings (SSSR count). The predicted octanol–water partition coefficient (Wildman–Crippen LogP) is 1.55. The summed E-state index contributed by atoms with van der Waals surface area (Å²) in [4.78, 5) is 11.6. The van der Waals surface area contributed by atoms with Gasteiger partial charge in [-0.1, -0.05) is 18.7 Å². The first kappa shape index (κ1) is 9.58. The highest BCUT2D eigenvalue weighted by atomic mass is 32.2. The number of fused-ring (bicyclic) bond motifs is 1. The van der Waals surface area contributed by atoms with E-state index in [1.807, 2.05) is 25.6 Å². The van der Waals surface area contributed by atoms with Crippen LogP contribution in [0.4, 0.5) is 5.69 Å². The van der Waals surface area contributed by atoms with Crippen LogP contribution in [0.15, 0.2) is 5.03 Å². The molecule has 1 atom stereocenters. The van der Waals surface area contributed by atoms with Crippen LogP contribution in [0.5, 0.6) is 0 Å². The Morgan fingerprint density at radius 3 is 3.00 bits per heavy atom. The number of nitrogens with one attached hydrogen (secondary N) is 1. The fraction of sp³-hybridized carbons (Fsp3) is 0.556. The van der Waals surface area contributed by atoms with E-state index in [2.05, 4.69) is 10.4 Å². The molecule has 1 aliphatic heterocycles. The van der Waals surface area contributed by atoms with E-state index in [4.69, 9.17) is 0 Å². The van der Waals surface area contributed by atoms with Gasteiger partial charge in [-0.2, -0.15) is 5.10 Å². The normalized spacial score (nSPS) is 20.5. The monoisotopic (exact) mass is 211 g/mol. The van der Waals surface area contributed by atoms with Crippen molar-refractivity contribution in [2.45, 2.75) is 30.5 Å². The van der Waals surface area contributed by atoms with Crippen molar-refractivity contribution in [3.8, 4) is 0 Å². The van der Waals surface area contributed by atoms with Crippen molar-refractivity contribution in [3.63, 3.8) is 0 Å². The van der Waals surface area contributed by atoms with E-state index in [-0.39, 0.29) is 11.2 Å². The molecular formula is C9H13N3OS. The molecule has 76 valence electrons. The lowest BCUT2D eigenvalue weighted by atomic mass is 10.3. The SMILES string of the molecule is CCC1Sc2c(c(C)nn2C)NC1=O. The van der Waals surface area contributed by atoms with Gasteiger partial charge in [0.25, 0.3) is 0 Å². The Balaban J connectivity index is 2.42. The fourth-order valence-corrected chi connectivity index (χ4v) is 2.69. The average molecular weight is 211 g/mol. The molecule has 0 fully saturated rings. The minimum absolute atomic E-state index is 0.0253. The Labute approximate surface area is 87.1 Å². The van der Waals surface area contributed by atoms with Gasteiger partial charge in [-0.15, -0.1) is 0 Å². The van der Waals surface area contributed by atoms with Gasteiger partial charge in [0, 0.05) is 7.05 Å². The van der Waals surface area contributed by atoms with Crippen LogP contribution in [-0.4, -0.2) is 20.9 Å². The topological polar surface area (TPSA) is 46.9 Å². The van der Waals surface area contributed by atoms with Crippen LogP contribution < -0.4 is 5.32 Å². The van der Waals surface area contributed by atoms with Gasteiger partial charge in [-0.05, 0) is 13.3 Å². The molecule has 0 bridgehead atoms. The van der Waals surface area contributed by atoms with Crippen molar-refractivity contribution in [2.75, 3.05) is 5.32 Å². The summed E-state index contributed by atoms with van der Waals surface area (Å²) >= 11 is 1.60. The third kappa shape index (κ3) is 1.32. The Bertz CT molecular complexity index is 386. The number of nitrogens with zero attached hydrogens (tertiary/aromatic N) is 2. The van der Waals surface area contributed by atoms with Crippen molar-refractivity contribution in [3.05, 3.63) is 5.69 Å². The highest BCUT2D eigenvalue weighted by molar-refractivity contribution is 8.00. The summed E-state index contributed by atoms with van der Waals surface area (Å²) in [7, 11) is 1.91. The van der Waals surface area contributed by atoms with Crippen molar-refractivity contribution < 1.29 is 4.79 Å². The first-order valence-electron chi connectivity index (χ1n) is 4.64. The van der Waals surface area contributed by atoms with Crippen LogP contribution in [0.1, 0.15) is 19.0 Å². The van der Waals surface area contributed by atoms with E-state index in [0.717, 1.165) is 22.8 Å². The van der Waals surface area contributed by atoms with Gasteiger partial charge in [0.1, 0.15) is 5.03 Å². The molecule has 2 heterocycles. The van der Waals surface area contributed by atoms with E-state index in [9.17, 15) is 4.79 Å². The van der Waals surface area contributed by atoms with Crippen molar-refractivity contribution in [2.24, 2.45) is 7.05 Å². The van der Waals surface area contributed by atoms with E-state index < -0.39 is 0 Å². The minimum Gasteiger partial charge on any atom is -0.321 e. The molecule has 1 aliphatic rings. The highest BCUT2D eigenvalue weighted by Gasteiger charge is 2.29. The molecule has 14 heavy (non-hydrogen) atoms. The number of hydrogen-bond acceptors (Lipinski definition) is 3. The van der Waals surface area contributed by atoms with E-state index >= 15 is 0 Å². The number of hydrogen-bond donors (Lipinski definition) is 1. The van der Waals surface area contributed by atoms with Gasteiger partial charge < -0.3 is 5.32 Å². The zero-order valence-electron chi connectivity index (χ0n) is 8.50. The lowest BCUT2D eigenvalue weighted by Crippen LogP contribution is -2.28. The van der Waals surface area contributed by atoms with Crippen LogP contribution >= 0.6 is 11.8 Å². The van der Waals surface area contributed by atoms with Crippen LogP contribution in [0.25, 0.3) is 0 Å². The number of thioether (sulfide) groups is 1. The summed E-state index contributed by atoms with van der Waals surface area (Å²) in [6.45, 7) is 3.93. The molecule has 5 heteroatoms. The molecule has 1 unspecified atom stereocenters. The molecule has 0 saturated carbocycles. The maximum absolute atomic E-state index is 11.6. The van der Waals surface area contributed by atoms with E-state index in [0.29, 0.717) is 0 Å². The summed E-state index contributed by atoms with van der Waals surface area (Å²) in [5.74, 6) is 0.0982. The molecule has 4 nitrogen and oxygen atoms in total. The quantitative estimate of drug-likeness (QED) is 0.766. The number of aryl methyl sites for hydroxylation is 2. The van der Waals surface area contributed by atoms with Crippen LogP contribution in [0.2, 0.25) is 0 Å².